The maximum Gasteiger partial charge on any atom is 0.252 e. The molecule has 0 saturated carbocycles. The van der Waals surface area contributed by atoms with Gasteiger partial charge in [-0.2, -0.15) is 0 Å². The molecule has 27 heavy (non-hydrogen) atoms. The topological polar surface area (TPSA) is 98.8 Å². The Morgan fingerprint density at radius 1 is 0.926 bits per heavy atom. The third-order valence-corrected chi connectivity index (χ3v) is 3.78. The van der Waals surface area contributed by atoms with Crippen LogP contribution in [0, 0.1) is 0 Å². The molecule has 1 aromatic carbocycles. The molecule has 0 aliphatic rings. The highest BCUT2D eigenvalue weighted by Gasteiger charge is 2.16. The van der Waals surface area contributed by atoms with E-state index in [0.717, 1.165) is 0 Å². The lowest BCUT2D eigenvalue weighted by atomic mass is 10.1. The zero-order chi connectivity index (χ0) is 19.6. The van der Waals surface area contributed by atoms with E-state index in [4.69, 9.17) is 14.2 Å². The van der Waals surface area contributed by atoms with Gasteiger partial charge in [0, 0.05) is 31.0 Å². The molecule has 144 valence electrons. The number of amides is 2. The van der Waals surface area contributed by atoms with E-state index in [1.165, 1.54) is 27.5 Å². The lowest BCUT2D eigenvalue weighted by Crippen LogP contribution is -2.30. The number of hydrogen-bond donors (Lipinski definition) is 2. The van der Waals surface area contributed by atoms with Crippen molar-refractivity contribution in [3.05, 3.63) is 47.8 Å². The Bertz CT molecular complexity index is 755. The van der Waals surface area contributed by atoms with E-state index in [1.54, 1.807) is 30.5 Å². The number of hydrogen-bond acceptors (Lipinski definition) is 6. The fourth-order valence-corrected chi connectivity index (χ4v) is 2.41. The smallest absolute Gasteiger partial charge is 0.252 e. The Morgan fingerprint density at radius 2 is 1.52 bits per heavy atom. The summed E-state index contributed by atoms with van der Waals surface area (Å²) in [5, 5.41) is 5.58. The molecule has 0 radical (unpaired) electrons. The van der Waals surface area contributed by atoms with Gasteiger partial charge in [0.15, 0.2) is 11.5 Å². The third kappa shape index (κ3) is 5.34. The summed E-state index contributed by atoms with van der Waals surface area (Å²) in [5.74, 6) is 0.776. The molecule has 8 nitrogen and oxygen atoms in total. The molecule has 2 aromatic rings. The first-order valence-corrected chi connectivity index (χ1v) is 8.37. The molecule has 0 aliphatic carbocycles. The molecule has 0 unspecified atom stereocenters. The summed E-state index contributed by atoms with van der Waals surface area (Å²) in [6, 6.07) is 6.56. The van der Waals surface area contributed by atoms with Crippen LogP contribution in [-0.2, 0) is 0 Å². The number of nitrogens with zero attached hydrogens (tertiary/aromatic N) is 1. The van der Waals surface area contributed by atoms with Crippen molar-refractivity contribution in [1.29, 1.82) is 0 Å². The van der Waals surface area contributed by atoms with Crippen molar-refractivity contribution in [1.82, 2.24) is 15.6 Å². The van der Waals surface area contributed by atoms with Crippen LogP contribution in [0.15, 0.2) is 36.7 Å². The second-order valence-corrected chi connectivity index (χ2v) is 5.52. The van der Waals surface area contributed by atoms with Gasteiger partial charge in [-0.1, -0.05) is 0 Å². The number of methoxy groups -OCH3 is 3. The summed E-state index contributed by atoms with van der Waals surface area (Å²) in [7, 11) is 4.48. The van der Waals surface area contributed by atoms with Gasteiger partial charge in [-0.05, 0) is 30.7 Å². The van der Waals surface area contributed by atoms with Crippen molar-refractivity contribution in [2.75, 3.05) is 34.4 Å². The van der Waals surface area contributed by atoms with Crippen molar-refractivity contribution < 1.29 is 23.8 Å². The van der Waals surface area contributed by atoms with E-state index in [-0.39, 0.29) is 11.8 Å². The van der Waals surface area contributed by atoms with Crippen LogP contribution in [-0.4, -0.2) is 51.2 Å². The Balaban J connectivity index is 1.84. The van der Waals surface area contributed by atoms with Gasteiger partial charge >= 0.3 is 0 Å². The molecule has 0 aliphatic heterocycles. The fraction of sp³-hybridized carbons (Fsp3) is 0.316. The molecule has 1 heterocycles. The lowest BCUT2D eigenvalue weighted by molar-refractivity contribution is 0.0951. The number of carbonyl (C=O) groups excluding carboxylic acids is 2. The Labute approximate surface area is 157 Å². The SMILES string of the molecule is COc1cc(C(=O)NCCCNC(=O)c2cccnc2)cc(OC)c1OC. The van der Waals surface area contributed by atoms with Crippen molar-refractivity contribution in [3.63, 3.8) is 0 Å². The monoisotopic (exact) mass is 373 g/mol. The van der Waals surface area contributed by atoms with Gasteiger partial charge in [-0.25, -0.2) is 0 Å². The highest BCUT2D eigenvalue weighted by Crippen LogP contribution is 2.38. The average Bonchev–Trinajstić information content (AvgIpc) is 2.72. The summed E-state index contributed by atoms with van der Waals surface area (Å²) >= 11 is 0. The van der Waals surface area contributed by atoms with Crippen LogP contribution >= 0.6 is 0 Å². The van der Waals surface area contributed by atoms with Crippen molar-refractivity contribution >= 4 is 11.8 Å². The zero-order valence-corrected chi connectivity index (χ0v) is 15.6. The van der Waals surface area contributed by atoms with Crippen LogP contribution in [0.5, 0.6) is 17.2 Å². The summed E-state index contributed by atoms with van der Waals surface area (Å²) in [6.07, 6.45) is 3.69. The summed E-state index contributed by atoms with van der Waals surface area (Å²) in [5.41, 5.74) is 0.892. The first-order chi connectivity index (χ1) is 13.1. The van der Waals surface area contributed by atoms with Gasteiger partial charge in [-0.3, -0.25) is 14.6 Å². The molecule has 8 heteroatoms. The van der Waals surface area contributed by atoms with Crippen molar-refractivity contribution in [2.24, 2.45) is 0 Å². The molecular weight excluding hydrogens is 350 g/mol. The highest BCUT2D eigenvalue weighted by atomic mass is 16.5. The number of ether oxygens (including phenoxy) is 3. The van der Waals surface area contributed by atoms with Gasteiger partial charge in [-0.15, -0.1) is 0 Å². The number of nitrogens with one attached hydrogen (secondary N) is 2. The molecule has 0 atom stereocenters. The Hall–Kier alpha value is -3.29. The van der Waals surface area contributed by atoms with Crippen molar-refractivity contribution in [2.45, 2.75) is 6.42 Å². The van der Waals surface area contributed by atoms with Crippen LogP contribution in [0.25, 0.3) is 0 Å². The fourth-order valence-electron chi connectivity index (χ4n) is 2.41. The molecule has 2 N–H and O–H groups in total. The van der Waals surface area contributed by atoms with Crippen LogP contribution < -0.4 is 24.8 Å². The minimum absolute atomic E-state index is 0.195. The normalized spacial score (nSPS) is 10.0. The Kier molecular flexibility index (Phi) is 7.42. The molecule has 0 spiro atoms. The summed E-state index contributed by atoms with van der Waals surface area (Å²) in [6.45, 7) is 0.839. The minimum atomic E-state index is -0.271. The molecule has 2 rings (SSSR count). The van der Waals surface area contributed by atoms with Crippen LogP contribution in [0.4, 0.5) is 0 Å². The number of rotatable bonds is 9. The second-order valence-electron chi connectivity index (χ2n) is 5.52. The van der Waals surface area contributed by atoms with Gasteiger partial charge in [0.1, 0.15) is 0 Å². The maximum atomic E-state index is 12.3. The third-order valence-electron chi connectivity index (χ3n) is 3.78. The summed E-state index contributed by atoms with van der Waals surface area (Å²) < 4.78 is 15.7. The van der Waals surface area contributed by atoms with E-state index < -0.39 is 0 Å². The lowest BCUT2D eigenvalue weighted by Gasteiger charge is -2.14. The molecule has 0 fully saturated rings. The number of benzene rings is 1. The van der Waals surface area contributed by atoms with Gasteiger partial charge in [0.2, 0.25) is 5.75 Å². The maximum absolute atomic E-state index is 12.3. The quantitative estimate of drug-likeness (QED) is 0.649. The largest absolute Gasteiger partial charge is 0.493 e. The predicted molar refractivity (Wildman–Crippen MR) is 99.6 cm³/mol. The van der Waals surface area contributed by atoms with E-state index in [0.29, 0.717) is 47.9 Å². The highest BCUT2D eigenvalue weighted by molar-refractivity contribution is 5.95. The van der Waals surface area contributed by atoms with Gasteiger partial charge in [0.25, 0.3) is 11.8 Å². The summed E-state index contributed by atoms with van der Waals surface area (Å²) in [4.78, 5) is 28.1. The van der Waals surface area contributed by atoms with Crippen LogP contribution in [0.1, 0.15) is 27.1 Å². The molecular formula is C19H23N3O5. The van der Waals surface area contributed by atoms with E-state index in [9.17, 15) is 9.59 Å². The zero-order valence-electron chi connectivity index (χ0n) is 15.6. The van der Waals surface area contributed by atoms with Crippen molar-refractivity contribution in [3.8, 4) is 17.2 Å². The first kappa shape index (κ1) is 20.0. The molecule has 1 aromatic heterocycles. The Morgan fingerprint density at radius 3 is 2.00 bits per heavy atom. The van der Waals surface area contributed by atoms with E-state index >= 15 is 0 Å². The number of carbonyl (C=O) groups is 2. The minimum Gasteiger partial charge on any atom is -0.493 e. The van der Waals surface area contributed by atoms with E-state index in [1.807, 2.05) is 0 Å². The molecule has 0 saturated heterocycles. The second kappa shape index (κ2) is 10.0. The average molecular weight is 373 g/mol. The van der Waals surface area contributed by atoms with Crippen LogP contribution in [0.2, 0.25) is 0 Å². The molecule has 0 bridgehead atoms. The number of aromatic nitrogens is 1. The van der Waals surface area contributed by atoms with Gasteiger partial charge in [0.05, 0.1) is 26.9 Å². The number of pyridine rings is 1. The van der Waals surface area contributed by atoms with Gasteiger partial charge < -0.3 is 24.8 Å². The molecule has 2 amide bonds. The van der Waals surface area contributed by atoms with E-state index in [2.05, 4.69) is 15.6 Å². The van der Waals surface area contributed by atoms with Crippen LogP contribution in [0.3, 0.4) is 0 Å². The standard InChI is InChI=1S/C19H23N3O5/c1-25-15-10-14(11-16(26-2)17(15)27-3)19(24)22-9-5-8-21-18(23)13-6-4-7-20-12-13/h4,6-7,10-12H,5,8-9H2,1-3H3,(H,21,23)(H,22,24). The predicted octanol–water partition coefficient (Wildman–Crippen LogP) is 1.66. The first-order valence-electron chi connectivity index (χ1n) is 8.37.